The van der Waals surface area contributed by atoms with E-state index >= 15 is 0 Å². The standard InChI is InChI=1S/C23H24ClN3O4/c1-2-31-18-8-6-17(7-9-18)27-14-15(12-22(27)29)23(30)25-16-5-10-20(19(24)13-16)26-11-3-4-21(26)28/h5-10,13,15H,2-4,11-12,14H2,1H3,(H,25,30). The predicted octanol–water partition coefficient (Wildman–Crippen LogP) is 3.86. The zero-order valence-corrected chi connectivity index (χ0v) is 18.0. The van der Waals surface area contributed by atoms with E-state index in [1.165, 1.54) is 0 Å². The molecular formula is C23H24ClN3O4. The van der Waals surface area contributed by atoms with E-state index < -0.39 is 5.92 Å². The van der Waals surface area contributed by atoms with Crippen molar-refractivity contribution in [3.8, 4) is 5.75 Å². The van der Waals surface area contributed by atoms with Crippen LogP contribution in [-0.2, 0) is 14.4 Å². The Morgan fingerprint density at radius 2 is 1.90 bits per heavy atom. The van der Waals surface area contributed by atoms with Gasteiger partial charge in [0.25, 0.3) is 0 Å². The lowest BCUT2D eigenvalue weighted by Crippen LogP contribution is -2.28. The molecule has 0 aromatic heterocycles. The highest BCUT2D eigenvalue weighted by Gasteiger charge is 2.35. The molecule has 0 spiro atoms. The molecule has 1 atom stereocenters. The number of hydrogen-bond acceptors (Lipinski definition) is 4. The summed E-state index contributed by atoms with van der Waals surface area (Å²) in [4.78, 5) is 40.5. The van der Waals surface area contributed by atoms with Crippen LogP contribution in [0.25, 0.3) is 0 Å². The van der Waals surface area contributed by atoms with Gasteiger partial charge in [-0.2, -0.15) is 0 Å². The lowest BCUT2D eigenvalue weighted by Gasteiger charge is -2.19. The Kier molecular flexibility index (Phi) is 6.13. The molecule has 1 N–H and O–H groups in total. The number of ether oxygens (including phenoxy) is 1. The first-order valence-electron chi connectivity index (χ1n) is 10.4. The van der Waals surface area contributed by atoms with Crippen LogP contribution in [0.4, 0.5) is 17.1 Å². The minimum absolute atomic E-state index is 0.0533. The van der Waals surface area contributed by atoms with Crippen molar-refractivity contribution in [2.75, 3.05) is 34.8 Å². The monoisotopic (exact) mass is 441 g/mol. The Morgan fingerprint density at radius 1 is 1.13 bits per heavy atom. The first-order chi connectivity index (χ1) is 15.0. The van der Waals surface area contributed by atoms with E-state index in [1.54, 1.807) is 28.0 Å². The number of hydrogen-bond donors (Lipinski definition) is 1. The molecule has 31 heavy (non-hydrogen) atoms. The molecule has 2 aliphatic heterocycles. The van der Waals surface area contributed by atoms with Gasteiger partial charge >= 0.3 is 0 Å². The molecule has 2 aliphatic rings. The van der Waals surface area contributed by atoms with E-state index in [0.29, 0.717) is 42.5 Å². The van der Waals surface area contributed by atoms with Crippen LogP contribution >= 0.6 is 11.6 Å². The molecule has 8 heteroatoms. The number of carbonyl (C=O) groups is 3. The third-order valence-corrected chi connectivity index (χ3v) is 5.84. The Bertz CT molecular complexity index is 1010. The molecule has 2 fully saturated rings. The van der Waals surface area contributed by atoms with Crippen molar-refractivity contribution in [2.45, 2.75) is 26.2 Å². The first kappa shape index (κ1) is 21.2. The van der Waals surface area contributed by atoms with Crippen LogP contribution in [0.5, 0.6) is 5.75 Å². The zero-order valence-electron chi connectivity index (χ0n) is 17.3. The minimum Gasteiger partial charge on any atom is -0.494 e. The normalized spacial score (nSPS) is 18.6. The number of carbonyl (C=O) groups excluding carboxylic acids is 3. The van der Waals surface area contributed by atoms with E-state index in [1.807, 2.05) is 31.2 Å². The minimum atomic E-state index is -0.460. The summed E-state index contributed by atoms with van der Waals surface area (Å²) in [5, 5.41) is 3.26. The van der Waals surface area contributed by atoms with Crippen molar-refractivity contribution in [2.24, 2.45) is 5.92 Å². The van der Waals surface area contributed by atoms with Crippen molar-refractivity contribution in [3.63, 3.8) is 0 Å². The number of anilines is 3. The fourth-order valence-electron chi connectivity index (χ4n) is 3.97. The topological polar surface area (TPSA) is 79.0 Å². The molecule has 0 bridgehead atoms. The maximum atomic E-state index is 12.8. The molecule has 3 amide bonds. The lowest BCUT2D eigenvalue weighted by molar-refractivity contribution is -0.122. The zero-order chi connectivity index (χ0) is 22.0. The summed E-state index contributed by atoms with van der Waals surface area (Å²) in [5.41, 5.74) is 1.93. The largest absolute Gasteiger partial charge is 0.494 e. The van der Waals surface area contributed by atoms with Crippen LogP contribution < -0.4 is 19.9 Å². The smallest absolute Gasteiger partial charge is 0.229 e. The summed E-state index contributed by atoms with van der Waals surface area (Å²) in [6.07, 6.45) is 1.48. The fourth-order valence-corrected chi connectivity index (χ4v) is 4.26. The van der Waals surface area contributed by atoms with Crippen LogP contribution in [0.2, 0.25) is 5.02 Å². The molecule has 2 saturated heterocycles. The van der Waals surface area contributed by atoms with Crippen LogP contribution in [0.1, 0.15) is 26.2 Å². The molecule has 0 radical (unpaired) electrons. The van der Waals surface area contributed by atoms with Crippen LogP contribution in [0.15, 0.2) is 42.5 Å². The average molecular weight is 442 g/mol. The second kappa shape index (κ2) is 8.98. The Labute approximate surface area is 185 Å². The number of benzene rings is 2. The molecule has 7 nitrogen and oxygen atoms in total. The van der Waals surface area contributed by atoms with Crippen molar-refractivity contribution >= 4 is 46.4 Å². The molecule has 2 aromatic rings. The predicted molar refractivity (Wildman–Crippen MR) is 120 cm³/mol. The summed E-state index contributed by atoms with van der Waals surface area (Å²) in [6, 6.07) is 12.4. The molecule has 4 rings (SSSR count). The maximum absolute atomic E-state index is 12.8. The van der Waals surface area contributed by atoms with Crippen molar-refractivity contribution in [1.29, 1.82) is 0 Å². The second-order valence-corrected chi connectivity index (χ2v) is 8.04. The van der Waals surface area contributed by atoms with Crippen LogP contribution in [-0.4, -0.2) is 37.4 Å². The number of amides is 3. The van der Waals surface area contributed by atoms with E-state index in [2.05, 4.69) is 5.32 Å². The number of halogens is 1. The summed E-state index contributed by atoms with van der Waals surface area (Å²) < 4.78 is 5.43. The van der Waals surface area contributed by atoms with Crippen molar-refractivity contribution < 1.29 is 19.1 Å². The van der Waals surface area contributed by atoms with Gasteiger partial charge in [-0.25, -0.2) is 0 Å². The number of nitrogens with zero attached hydrogens (tertiary/aromatic N) is 2. The quantitative estimate of drug-likeness (QED) is 0.738. The average Bonchev–Trinajstić information content (AvgIpc) is 3.35. The third kappa shape index (κ3) is 4.51. The molecule has 2 heterocycles. The first-order valence-corrected chi connectivity index (χ1v) is 10.8. The van der Waals surface area contributed by atoms with Gasteiger partial charge in [-0.3, -0.25) is 14.4 Å². The number of rotatable bonds is 6. The van der Waals surface area contributed by atoms with Gasteiger partial charge in [0.2, 0.25) is 17.7 Å². The third-order valence-electron chi connectivity index (χ3n) is 5.53. The van der Waals surface area contributed by atoms with Gasteiger partial charge in [0, 0.05) is 37.3 Å². The van der Waals surface area contributed by atoms with Gasteiger partial charge in [-0.15, -0.1) is 0 Å². The highest BCUT2D eigenvalue weighted by Crippen LogP contribution is 2.32. The van der Waals surface area contributed by atoms with E-state index in [4.69, 9.17) is 16.3 Å². The van der Waals surface area contributed by atoms with Gasteiger partial charge < -0.3 is 19.9 Å². The Morgan fingerprint density at radius 3 is 2.55 bits per heavy atom. The van der Waals surface area contributed by atoms with Crippen molar-refractivity contribution in [3.05, 3.63) is 47.5 Å². The van der Waals surface area contributed by atoms with Gasteiger partial charge in [-0.1, -0.05) is 11.6 Å². The SMILES string of the molecule is CCOc1ccc(N2CC(C(=O)Nc3ccc(N4CCCC4=O)c(Cl)c3)CC2=O)cc1. The van der Waals surface area contributed by atoms with Gasteiger partial charge in [0.1, 0.15) is 5.75 Å². The van der Waals surface area contributed by atoms with Gasteiger partial charge in [0.05, 0.1) is 23.2 Å². The molecule has 162 valence electrons. The van der Waals surface area contributed by atoms with Gasteiger partial charge in [-0.05, 0) is 55.8 Å². The molecule has 1 unspecified atom stereocenters. The lowest BCUT2D eigenvalue weighted by atomic mass is 10.1. The highest BCUT2D eigenvalue weighted by atomic mass is 35.5. The molecular weight excluding hydrogens is 418 g/mol. The fraction of sp³-hybridized carbons (Fsp3) is 0.348. The van der Waals surface area contributed by atoms with E-state index in [0.717, 1.165) is 17.9 Å². The summed E-state index contributed by atoms with van der Waals surface area (Å²) in [7, 11) is 0. The number of nitrogens with one attached hydrogen (secondary N) is 1. The van der Waals surface area contributed by atoms with E-state index in [-0.39, 0.29) is 24.1 Å². The van der Waals surface area contributed by atoms with Crippen LogP contribution in [0.3, 0.4) is 0 Å². The highest BCUT2D eigenvalue weighted by molar-refractivity contribution is 6.34. The molecule has 0 aliphatic carbocycles. The summed E-state index contributed by atoms with van der Waals surface area (Å²) in [6.45, 7) is 3.44. The Balaban J connectivity index is 1.40. The molecule has 2 aromatic carbocycles. The second-order valence-electron chi connectivity index (χ2n) is 7.64. The summed E-state index contributed by atoms with van der Waals surface area (Å²) >= 11 is 6.36. The van der Waals surface area contributed by atoms with Crippen molar-refractivity contribution in [1.82, 2.24) is 0 Å². The Hall–Kier alpha value is -3.06. The van der Waals surface area contributed by atoms with Crippen LogP contribution in [0, 0.1) is 5.92 Å². The maximum Gasteiger partial charge on any atom is 0.229 e. The van der Waals surface area contributed by atoms with Gasteiger partial charge in [0.15, 0.2) is 0 Å². The summed E-state index contributed by atoms with van der Waals surface area (Å²) in [5.74, 6) is 0.00597. The molecule has 0 saturated carbocycles. The van der Waals surface area contributed by atoms with E-state index in [9.17, 15) is 14.4 Å².